The predicted molar refractivity (Wildman–Crippen MR) is 132 cm³/mol. The van der Waals surface area contributed by atoms with Gasteiger partial charge in [0, 0.05) is 34.1 Å². The zero-order valence-electron chi connectivity index (χ0n) is 22.7. The summed E-state index contributed by atoms with van der Waals surface area (Å²) in [7, 11) is 0. The standard InChI is InChI=1S/C26H43NO10/c1-6-7-8-9-10-11-12-13-14-15-22(32)27-23-25(35-19(4)30)24(34-18(3)29)21(16-33-17(2)28)37-26(23)36-20(5)31/h21,23-26H,6-16H2,1-5H3,(H,27,32)/t21-,23+,24+,25-,26-/m1/s1. The van der Waals surface area contributed by atoms with Crippen molar-refractivity contribution in [2.45, 2.75) is 129 Å². The maximum Gasteiger partial charge on any atom is 0.305 e. The first-order chi connectivity index (χ1) is 17.5. The van der Waals surface area contributed by atoms with Gasteiger partial charge in [-0.05, 0) is 6.42 Å². The van der Waals surface area contributed by atoms with Gasteiger partial charge in [-0.3, -0.25) is 24.0 Å². The number of unbranched alkanes of at least 4 members (excludes halogenated alkanes) is 8. The van der Waals surface area contributed by atoms with Crippen molar-refractivity contribution in [2.75, 3.05) is 6.61 Å². The smallest absolute Gasteiger partial charge is 0.305 e. The third-order valence-corrected chi connectivity index (χ3v) is 5.82. The molecule has 1 saturated heterocycles. The zero-order valence-corrected chi connectivity index (χ0v) is 22.7. The second kappa shape index (κ2) is 17.7. The van der Waals surface area contributed by atoms with Crippen LogP contribution in [0.1, 0.15) is 98.8 Å². The van der Waals surface area contributed by atoms with E-state index in [-0.39, 0.29) is 18.9 Å². The van der Waals surface area contributed by atoms with Crippen molar-refractivity contribution in [3.05, 3.63) is 0 Å². The highest BCUT2D eigenvalue weighted by Gasteiger charge is 2.52. The lowest BCUT2D eigenvalue weighted by Crippen LogP contribution is -2.67. The summed E-state index contributed by atoms with van der Waals surface area (Å²) in [5, 5.41) is 2.73. The summed E-state index contributed by atoms with van der Waals surface area (Å²) in [5.41, 5.74) is 0. The van der Waals surface area contributed by atoms with Crippen LogP contribution in [0.25, 0.3) is 0 Å². The first-order valence-electron chi connectivity index (χ1n) is 13.1. The molecule has 0 unspecified atom stereocenters. The molecule has 11 nitrogen and oxygen atoms in total. The van der Waals surface area contributed by atoms with Gasteiger partial charge in [-0.15, -0.1) is 0 Å². The summed E-state index contributed by atoms with van der Waals surface area (Å²) in [5.74, 6) is -3.10. The van der Waals surface area contributed by atoms with Gasteiger partial charge < -0.3 is 29.0 Å². The van der Waals surface area contributed by atoms with Crippen molar-refractivity contribution in [3.8, 4) is 0 Å². The molecule has 0 aromatic rings. The molecule has 11 heteroatoms. The number of carbonyl (C=O) groups excluding carboxylic acids is 5. The van der Waals surface area contributed by atoms with E-state index in [1.54, 1.807) is 0 Å². The van der Waals surface area contributed by atoms with Crippen molar-refractivity contribution in [1.82, 2.24) is 5.32 Å². The maximum absolute atomic E-state index is 12.8. The van der Waals surface area contributed by atoms with Crippen molar-refractivity contribution >= 4 is 29.8 Å². The summed E-state index contributed by atoms with van der Waals surface area (Å²) in [4.78, 5) is 59.6. The molecule has 1 fully saturated rings. The fourth-order valence-electron chi connectivity index (χ4n) is 4.17. The largest absolute Gasteiger partial charge is 0.463 e. The van der Waals surface area contributed by atoms with E-state index in [1.165, 1.54) is 39.0 Å². The molecule has 0 bridgehead atoms. The van der Waals surface area contributed by atoms with E-state index in [4.69, 9.17) is 23.7 Å². The Bertz CT molecular complexity index is 756. The van der Waals surface area contributed by atoms with E-state index in [9.17, 15) is 24.0 Å². The molecule has 0 aromatic heterocycles. The Labute approximate surface area is 219 Å². The Balaban J connectivity index is 2.89. The number of carbonyl (C=O) groups is 5. The quantitative estimate of drug-likeness (QED) is 0.180. The summed E-state index contributed by atoms with van der Waals surface area (Å²) in [6.07, 6.45) is 5.08. The van der Waals surface area contributed by atoms with Crippen LogP contribution in [0.2, 0.25) is 0 Å². The first-order valence-corrected chi connectivity index (χ1v) is 13.1. The average Bonchev–Trinajstić information content (AvgIpc) is 2.79. The molecule has 1 heterocycles. The Hall–Kier alpha value is -2.69. The highest BCUT2D eigenvalue weighted by atomic mass is 16.7. The topological polar surface area (TPSA) is 144 Å². The van der Waals surface area contributed by atoms with Crippen LogP contribution < -0.4 is 5.32 Å². The molecule has 1 amide bonds. The van der Waals surface area contributed by atoms with Gasteiger partial charge >= 0.3 is 23.9 Å². The van der Waals surface area contributed by atoms with Gasteiger partial charge in [0.15, 0.2) is 12.2 Å². The number of esters is 4. The molecule has 1 aliphatic heterocycles. The van der Waals surface area contributed by atoms with Crippen LogP contribution in [0.5, 0.6) is 0 Å². The van der Waals surface area contributed by atoms with Crippen LogP contribution in [-0.4, -0.2) is 67.0 Å². The highest BCUT2D eigenvalue weighted by molar-refractivity contribution is 5.76. The molecule has 0 saturated carbocycles. The molecule has 1 aliphatic rings. The Kier molecular flexibility index (Phi) is 15.5. The molecule has 0 aliphatic carbocycles. The Morgan fingerprint density at radius 2 is 1.19 bits per heavy atom. The Morgan fingerprint density at radius 1 is 0.676 bits per heavy atom. The van der Waals surface area contributed by atoms with Crippen LogP contribution in [0.3, 0.4) is 0 Å². The third kappa shape index (κ3) is 13.4. The third-order valence-electron chi connectivity index (χ3n) is 5.82. The molecular weight excluding hydrogens is 486 g/mol. The molecule has 0 radical (unpaired) electrons. The first kappa shape index (κ1) is 32.3. The number of hydrogen-bond donors (Lipinski definition) is 1. The van der Waals surface area contributed by atoms with E-state index in [1.807, 2.05) is 0 Å². The Morgan fingerprint density at radius 3 is 1.70 bits per heavy atom. The van der Waals surface area contributed by atoms with E-state index in [0.717, 1.165) is 40.0 Å². The zero-order chi connectivity index (χ0) is 27.8. The van der Waals surface area contributed by atoms with E-state index in [0.29, 0.717) is 6.42 Å². The maximum atomic E-state index is 12.8. The van der Waals surface area contributed by atoms with Crippen LogP contribution in [-0.2, 0) is 47.7 Å². The molecule has 5 atom stereocenters. The number of amides is 1. The summed E-state index contributed by atoms with van der Waals surface area (Å²) >= 11 is 0. The molecule has 1 rings (SSSR count). The number of nitrogens with one attached hydrogen (secondary N) is 1. The second-order valence-corrected chi connectivity index (χ2v) is 9.27. The normalized spacial score (nSPS) is 23.0. The minimum atomic E-state index is -1.37. The fraction of sp³-hybridized carbons (Fsp3) is 0.808. The van der Waals surface area contributed by atoms with Crippen LogP contribution >= 0.6 is 0 Å². The fourth-order valence-corrected chi connectivity index (χ4v) is 4.17. The average molecular weight is 530 g/mol. The molecule has 212 valence electrons. The summed E-state index contributed by atoms with van der Waals surface area (Å²) in [6, 6.07) is -1.16. The van der Waals surface area contributed by atoms with Gasteiger partial charge in [0.2, 0.25) is 12.2 Å². The van der Waals surface area contributed by atoms with Gasteiger partial charge in [0.05, 0.1) is 0 Å². The number of ether oxygens (including phenoxy) is 5. The summed E-state index contributed by atoms with van der Waals surface area (Å²) < 4.78 is 26.8. The lowest BCUT2D eigenvalue weighted by atomic mass is 9.95. The number of rotatable bonds is 16. The van der Waals surface area contributed by atoms with E-state index < -0.39 is 54.5 Å². The van der Waals surface area contributed by atoms with Gasteiger partial charge in [-0.2, -0.15) is 0 Å². The van der Waals surface area contributed by atoms with E-state index in [2.05, 4.69) is 12.2 Å². The molecular formula is C26H43NO10. The van der Waals surface area contributed by atoms with Gasteiger partial charge in [-0.25, -0.2) is 0 Å². The number of hydrogen-bond acceptors (Lipinski definition) is 10. The van der Waals surface area contributed by atoms with Gasteiger partial charge in [-0.1, -0.05) is 58.3 Å². The molecule has 0 aromatic carbocycles. The van der Waals surface area contributed by atoms with Crippen LogP contribution in [0.15, 0.2) is 0 Å². The van der Waals surface area contributed by atoms with Gasteiger partial charge in [0.25, 0.3) is 0 Å². The SMILES string of the molecule is CCCCCCCCCCCC(=O)N[C@@H]1[C@H](OC(C)=O)O[C@H](COC(C)=O)[C@H](OC(C)=O)[C@@H]1OC(C)=O. The predicted octanol–water partition coefficient (Wildman–Crippen LogP) is 3.11. The summed E-state index contributed by atoms with van der Waals surface area (Å²) in [6.45, 7) is 6.48. The van der Waals surface area contributed by atoms with Crippen molar-refractivity contribution < 1.29 is 47.7 Å². The monoisotopic (exact) mass is 529 g/mol. The minimum Gasteiger partial charge on any atom is -0.463 e. The highest BCUT2D eigenvalue weighted by Crippen LogP contribution is 2.28. The lowest BCUT2D eigenvalue weighted by molar-refractivity contribution is -0.271. The minimum absolute atomic E-state index is 0.209. The van der Waals surface area contributed by atoms with Crippen molar-refractivity contribution in [3.63, 3.8) is 0 Å². The van der Waals surface area contributed by atoms with Crippen molar-refractivity contribution in [1.29, 1.82) is 0 Å². The molecule has 1 N–H and O–H groups in total. The lowest BCUT2D eigenvalue weighted by Gasteiger charge is -2.44. The molecule has 0 spiro atoms. The second-order valence-electron chi connectivity index (χ2n) is 9.27. The molecule has 37 heavy (non-hydrogen) atoms. The van der Waals surface area contributed by atoms with Gasteiger partial charge in [0.1, 0.15) is 18.8 Å². The van der Waals surface area contributed by atoms with Crippen LogP contribution in [0.4, 0.5) is 0 Å². The van der Waals surface area contributed by atoms with Crippen molar-refractivity contribution in [2.24, 2.45) is 0 Å². The van der Waals surface area contributed by atoms with E-state index >= 15 is 0 Å². The van der Waals surface area contributed by atoms with Crippen LogP contribution in [0, 0.1) is 0 Å².